The lowest BCUT2D eigenvalue weighted by molar-refractivity contribution is -0.129. The molecule has 1 aliphatic rings. The Balaban J connectivity index is 1.60. The number of nitrogens with zero attached hydrogens (tertiary/aromatic N) is 7. The van der Waals surface area contributed by atoms with Gasteiger partial charge in [0, 0.05) is 31.9 Å². The minimum atomic E-state index is -3.22. The fourth-order valence-corrected chi connectivity index (χ4v) is 4.41. The molecular formula is C14H22N8O3S2. The second-order valence-corrected chi connectivity index (χ2v) is 9.25. The lowest BCUT2D eigenvalue weighted by atomic mass is 10.3. The Bertz CT molecular complexity index is 944. The molecule has 0 aliphatic carbocycles. The quantitative estimate of drug-likeness (QED) is 0.486. The number of nitrogen functional groups attached to an aromatic ring is 1. The van der Waals surface area contributed by atoms with Gasteiger partial charge in [0.25, 0.3) is 5.95 Å². The highest BCUT2D eigenvalue weighted by Crippen LogP contribution is 2.18. The van der Waals surface area contributed by atoms with Gasteiger partial charge in [-0.15, -0.1) is 10.2 Å². The van der Waals surface area contributed by atoms with Gasteiger partial charge >= 0.3 is 0 Å². The van der Waals surface area contributed by atoms with Crippen LogP contribution in [0.1, 0.15) is 11.4 Å². The van der Waals surface area contributed by atoms with E-state index in [4.69, 9.17) is 5.84 Å². The summed E-state index contributed by atoms with van der Waals surface area (Å²) in [6, 6.07) is 1.90. The van der Waals surface area contributed by atoms with Crippen LogP contribution in [0.3, 0.4) is 0 Å². The van der Waals surface area contributed by atoms with Crippen LogP contribution in [0.5, 0.6) is 0 Å². The van der Waals surface area contributed by atoms with Crippen molar-refractivity contribution >= 4 is 27.7 Å². The van der Waals surface area contributed by atoms with Crippen LogP contribution in [-0.2, 0) is 14.8 Å². The molecule has 27 heavy (non-hydrogen) atoms. The number of sulfonamides is 1. The average molecular weight is 415 g/mol. The van der Waals surface area contributed by atoms with Crippen molar-refractivity contribution < 1.29 is 13.2 Å². The molecule has 13 heteroatoms. The number of carbonyl (C=O) groups excluding carboxylic acids is 1. The summed E-state index contributed by atoms with van der Waals surface area (Å²) in [6.45, 7) is 5.13. The van der Waals surface area contributed by atoms with Crippen LogP contribution in [0.2, 0.25) is 0 Å². The molecule has 11 nitrogen and oxygen atoms in total. The van der Waals surface area contributed by atoms with E-state index < -0.39 is 10.0 Å². The van der Waals surface area contributed by atoms with Crippen LogP contribution in [0.4, 0.5) is 0 Å². The normalized spacial score (nSPS) is 16.0. The van der Waals surface area contributed by atoms with Crippen molar-refractivity contribution in [3.8, 4) is 5.95 Å². The fraction of sp³-hybridized carbons (Fsp3) is 0.571. The third kappa shape index (κ3) is 4.25. The predicted molar refractivity (Wildman–Crippen MR) is 100 cm³/mol. The van der Waals surface area contributed by atoms with E-state index in [1.807, 2.05) is 19.9 Å². The van der Waals surface area contributed by atoms with Crippen LogP contribution < -0.4 is 5.84 Å². The van der Waals surface area contributed by atoms with Crippen LogP contribution in [-0.4, -0.2) is 86.4 Å². The Kier molecular flexibility index (Phi) is 5.44. The molecule has 0 aromatic carbocycles. The highest BCUT2D eigenvalue weighted by molar-refractivity contribution is 7.99. The molecule has 0 atom stereocenters. The number of nitrogens with two attached hydrogens (primary N) is 1. The molecule has 1 saturated heterocycles. The van der Waals surface area contributed by atoms with Gasteiger partial charge in [-0.25, -0.2) is 17.8 Å². The lowest BCUT2D eigenvalue weighted by Gasteiger charge is -2.33. The third-order valence-electron chi connectivity index (χ3n) is 4.23. The van der Waals surface area contributed by atoms with Gasteiger partial charge in [-0.05, 0) is 19.9 Å². The molecular weight excluding hydrogens is 392 g/mol. The third-order valence-corrected chi connectivity index (χ3v) is 6.46. The van der Waals surface area contributed by atoms with E-state index in [1.54, 1.807) is 9.58 Å². The first kappa shape index (κ1) is 19.6. The molecule has 2 N–H and O–H groups in total. The summed E-state index contributed by atoms with van der Waals surface area (Å²) in [5.74, 6) is 6.48. The van der Waals surface area contributed by atoms with Gasteiger partial charge in [0.15, 0.2) is 0 Å². The topological polar surface area (TPSA) is 132 Å². The lowest BCUT2D eigenvalue weighted by Crippen LogP contribution is -2.50. The van der Waals surface area contributed by atoms with Crippen molar-refractivity contribution in [1.29, 1.82) is 0 Å². The monoisotopic (exact) mass is 414 g/mol. The molecule has 2 aromatic rings. The fourth-order valence-electron chi connectivity index (χ4n) is 2.83. The number of rotatable bonds is 5. The van der Waals surface area contributed by atoms with E-state index in [-0.39, 0.29) is 11.7 Å². The molecule has 1 amide bonds. The Hall–Kier alpha value is -2.12. The van der Waals surface area contributed by atoms with Crippen molar-refractivity contribution in [3.05, 3.63) is 17.5 Å². The summed E-state index contributed by atoms with van der Waals surface area (Å²) < 4.78 is 27.3. The Morgan fingerprint density at radius 2 is 1.89 bits per heavy atom. The molecule has 148 valence electrons. The number of hydrogen-bond acceptors (Lipinski definition) is 8. The van der Waals surface area contributed by atoms with Crippen LogP contribution in [0, 0.1) is 13.8 Å². The van der Waals surface area contributed by atoms with Crippen LogP contribution >= 0.6 is 11.8 Å². The van der Waals surface area contributed by atoms with Gasteiger partial charge in [0.05, 0.1) is 17.7 Å². The van der Waals surface area contributed by atoms with E-state index in [0.29, 0.717) is 37.3 Å². The number of piperazine rings is 1. The van der Waals surface area contributed by atoms with E-state index in [1.165, 1.54) is 27.0 Å². The first-order valence-electron chi connectivity index (χ1n) is 8.26. The van der Waals surface area contributed by atoms with E-state index >= 15 is 0 Å². The second-order valence-electron chi connectivity index (χ2n) is 6.32. The average Bonchev–Trinajstić information content (AvgIpc) is 3.13. The summed E-state index contributed by atoms with van der Waals surface area (Å²) in [7, 11) is -3.22. The molecule has 0 bridgehead atoms. The maximum atomic E-state index is 12.4. The molecule has 3 heterocycles. The van der Waals surface area contributed by atoms with Gasteiger partial charge in [-0.2, -0.15) is 9.40 Å². The number of aryl methyl sites for hydroxylation is 2. The number of amides is 1. The van der Waals surface area contributed by atoms with Crippen LogP contribution in [0.25, 0.3) is 5.95 Å². The van der Waals surface area contributed by atoms with E-state index in [0.717, 1.165) is 11.4 Å². The summed E-state index contributed by atoms with van der Waals surface area (Å²) >= 11 is 1.18. The van der Waals surface area contributed by atoms with Gasteiger partial charge in [0.1, 0.15) is 0 Å². The molecule has 0 spiro atoms. The smallest absolute Gasteiger partial charge is 0.271 e. The summed E-state index contributed by atoms with van der Waals surface area (Å²) in [4.78, 5) is 14.0. The van der Waals surface area contributed by atoms with Crippen molar-refractivity contribution in [3.63, 3.8) is 0 Å². The molecule has 1 fully saturated rings. The Labute approximate surface area is 161 Å². The SMILES string of the molecule is Cc1cc(C)n(-c2nnc(SCC(=O)N3CCN(S(C)(=O)=O)CC3)n2N)n1. The largest absolute Gasteiger partial charge is 0.339 e. The Morgan fingerprint density at radius 1 is 1.22 bits per heavy atom. The molecule has 2 aromatic heterocycles. The van der Waals surface area contributed by atoms with Gasteiger partial charge in [0.2, 0.25) is 21.1 Å². The van der Waals surface area contributed by atoms with Crippen molar-refractivity contribution in [2.45, 2.75) is 19.0 Å². The summed E-state index contributed by atoms with van der Waals surface area (Å²) in [5, 5.41) is 12.8. The second kappa shape index (κ2) is 7.48. The summed E-state index contributed by atoms with van der Waals surface area (Å²) in [6.07, 6.45) is 1.18. The molecule has 1 aliphatic heterocycles. The minimum absolute atomic E-state index is 0.0937. The van der Waals surface area contributed by atoms with Crippen LogP contribution in [0.15, 0.2) is 11.2 Å². The van der Waals surface area contributed by atoms with Crippen molar-refractivity contribution in [2.24, 2.45) is 0 Å². The number of hydrogen-bond donors (Lipinski definition) is 1. The first-order chi connectivity index (χ1) is 12.7. The zero-order chi connectivity index (χ0) is 19.8. The highest BCUT2D eigenvalue weighted by Gasteiger charge is 2.26. The van der Waals surface area contributed by atoms with E-state index in [9.17, 15) is 13.2 Å². The van der Waals surface area contributed by atoms with Gasteiger partial charge in [-0.1, -0.05) is 11.8 Å². The molecule has 0 unspecified atom stereocenters. The maximum Gasteiger partial charge on any atom is 0.271 e. The number of aromatic nitrogens is 5. The van der Waals surface area contributed by atoms with E-state index in [2.05, 4.69) is 15.3 Å². The molecule has 0 radical (unpaired) electrons. The predicted octanol–water partition coefficient (Wildman–Crippen LogP) is -1.01. The first-order valence-corrected chi connectivity index (χ1v) is 11.1. The maximum absolute atomic E-state index is 12.4. The standard InChI is InChI=1S/C14H22N8O3S2/c1-10-8-11(2)22(18-10)13-16-17-14(21(13)15)26-9-12(23)19-4-6-20(7-5-19)27(3,24)25/h8H,4-7,9,15H2,1-3H3. The molecule has 0 saturated carbocycles. The highest BCUT2D eigenvalue weighted by atomic mass is 32.2. The number of thioether (sulfide) groups is 1. The van der Waals surface area contributed by atoms with Crippen molar-refractivity contribution in [2.75, 3.05) is 44.0 Å². The van der Waals surface area contributed by atoms with Gasteiger partial charge < -0.3 is 10.7 Å². The number of carbonyl (C=O) groups is 1. The molecule has 3 rings (SSSR count). The minimum Gasteiger partial charge on any atom is -0.339 e. The summed E-state index contributed by atoms with van der Waals surface area (Å²) in [5.41, 5.74) is 1.72. The van der Waals surface area contributed by atoms with Crippen molar-refractivity contribution in [1.82, 2.24) is 33.9 Å². The Morgan fingerprint density at radius 3 is 2.44 bits per heavy atom. The van der Waals surface area contributed by atoms with Gasteiger partial charge in [-0.3, -0.25) is 4.79 Å². The zero-order valence-electron chi connectivity index (χ0n) is 15.4. The zero-order valence-corrected chi connectivity index (χ0v) is 17.0.